The number of methoxy groups -OCH3 is 1. The number of hydrogen-bond acceptors (Lipinski definition) is 4. The minimum atomic E-state index is -0.419. The smallest absolute Gasteiger partial charge is 0.353 e. The molecule has 3 nitrogen and oxygen atoms in total. The highest BCUT2D eigenvalue weighted by atomic mass is 32.2. The fraction of sp³-hybridized carbons (Fsp3) is 0.417. The fourth-order valence-electron chi connectivity index (χ4n) is 1.09. The van der Waals surface area contributed by atoms with Crippen LogP contribution in [-0.2, 0) is 13.7 Å². The van der Waals surface area contributed by atoms with Crippen molar-refractivity contribution >= 4 is 18.0 Å². The van der Waals surface area contributed by atoms with Crippen molar-refractivity contribution in [2.24, 2.45) is 0 Å². The molecule has 0 atom stereocenters. The molecule has 0 aliphatic heterocycles. The van der Waals surface area contributed by atoms with Gasteiger partial charge in [0.1, 0.15) is 11.3 Å². The minimum Gasteiger partial charge on any atom is -0.496 e. The first-order valence-electron chi connectivity index (χ1n) is 4.93. The van der Waals surface area contributed by atoms with Gasteiger partial charge >= 0.3 is 5.97 Å². The quantitative estimate of drug-likeness (QED) is 0.310. The highest BCUT2D eigenvalue weighted by molar-refractivity contribution is 7.94. The van der Waals surface area contributed by atoms with Crippen molar-refractivity contribution in [1.29, 1.82) is 0 Å². The summed E-state index contributed by atoms with van der Waals surface area (Å²) in [6.07, 6.45) is 5.95. The molecule has 0 bridgehead atoms. The van der Waals surface area contributed by atoms with Gasteiger partial charge in [-0.15, -0.1) is 0 Å². The van der Waals surface area contributed by atoms with Crippen molar-refractivity contribution < 1.29 is 13.7 Å². The zero-order valence-electron chi connectivity index (χ0n) is 10.2. The van der Waals surface area contributed by atoms with Gasteiger partial charge < -0.3 is 8.92 Å². The van der Waals surface area contributed by atoms with Crippen LogP contribution in [0, 0.1) is 0 Å². The summed E-state index contributed by atoms with van der Waals surface area (Å²) in [6, 6.07) is 0. The third-order valence-corrected chi connectivity index (χ3v) is 1.96. The van der Waals surface area contributed by atoms with Crippen molar-refractivity contribution in [1.82, 2.24) is 0 Å². The van der Waals surface area contributed by atoms with Gasteiger partial charge in [0.05, 0.1) is 19.2 Å². The van der Waals surface area contributed by atoms with E-state index in [0.717, 1.165) is 24.0 Å². The molecule has 0 aromatic carbocycles. The average Bonchev–Trinajstić information content (AvgIpc) is 2.23. The van der Waals surface area contributed by atoms with E-state index >= 15 is 0 Å². The first-order chi connectivity index (χ1) is 7.56. The number of hydrogen-bond donors (Lipinski definition) is 0. The topological polar surface area (TPSA) is 35.5 Å². The Labute approximate surface area is 101 Å². The molecular formula is C12H18O3S. The highest BCUT2D eigenvalue weighted by Gasteiger charge is 2.16. The second-order valence-corrected chi connectivity index (χ2v) is 3.62. The molecule has 0 radical (unpaired) electrons. The molecule has 0 aliphatic rings. The van der Waals surface area contributed by atoms with Crippen LogP contribution in [0.5, 0.6) is 0 Å². The van der Waals surface area contributed by atoms with Crippen LogP contribution in [0.1, 0.15) is 20.3 Å². The molecule has 0 heterocycles. The Hall–Kier alpha value is -1.16. The fourth-order valence-corrected chi connectivity index (χ4v) is 1.33. The Balaban J connectivity index is 5.15. The van der Waals surface area contributed by atoms with Crippen LogP contribution in [0.4, 0.5) is 0 Å². The van der Waals surface area contributed by atoms with Crippen LogP contribution in [0.3, 0.4) is 0 Å². The molecule has 0 unspecified atom stereocenters. The molecule has 90 valence electrons. The maximum absolute atomic E-state index is 11.7. The van der Waals surface area contributed by atoms with Gasteiger partial charge in [-0.2, -0.15) is 0 Å². The van der Waals surface area contributed by atoms with Crippen molar-refractivity contribution in [2.75, 3.05) is 13.4 Å². The summed E-state index contributed by atoms with van der Waals surface area (Å²) in [6.45, 7) is 7.52. The molecule has 0 spiro atoms. The lowest BCUT2D eigenvalue weighted by atomic mass is 10.1. The van der Waals surface area contributed by atoms with E-state index in [1.807, 2.05) is 19.9 Å². The monoisotopic (exact) mass is 242 g/mol. The predicted molar refractivity (Wildman–Crippen MR) is 67.9 cm³/mol. The Morgan fingerprint density at radius 3 is 2.50 bits per heavy atom. The lowest BCUT2D eigenvalue weighted by Crippen LogP contribution is -2.08. The van der Waals surface area contributed by atoms with Gasteiger partial charge in [0, 0.05) is 6.26 Å². The molecule has 0 rings (SSSR count). The summed E-state index contributed by atoms with van der Waals surface area (Å²) in [5, 5.41) is 0. The van der Waals surface area contributed by atoms with Crippen LogP contribution in [-0.4, -0.2) is 19.3 Å². The van der Waals surface area contributed by atoms with E-state index in [-0.39, 0.29) is 0 Å². The largest absolute Gasteiger partial charge is 0.496 e. The highest BCUT2D eigenvalue weighted by Crippen LogP contribution is 2.17. The predicted octanol–water partition coefficient (Wildman–Crippen LogP) is 3.25. The molecule has 0 aromatic rings. The zero-order valence-corrected chi connectivity index (χ0v) is 11.0. The van der Waals surface area contributed by atoms with Crippen molar-refractivity contribution in [3.63, 3.8) is 0 Å². The SMILES string of the molecule is C=C(C)/C=C(/C(=O)OSC)C(=CCC)OC. The summed E-state index contributed by atoms with van der Waals surface area (Å²) >= 11 is 1.01. The second-order valence-electron chi connectivity index (χ2n) is 3.12. The molecular weight excluding hydrogens is 224 g/mol. The summed E-state index contributed by atoms with van der Waals surface area (Å²) in [4.78, 5) is 11.7. The molecule has 0 aliphatic carbocycles. The maximum atomic E-state index is 11.7. The van der Waals surface area contributed by atoms with Gasteiger partial charge in [0.15, 0.2) is 0 Å². The molecule has 0 saturated heterocycles. The summed E-state index contributed by atoms with van der Waals surface area (Å²) in [7, 11) is 1.53. The number of carbonyl (C=O) groups is 1. The van der Waals surface area contributed by atoms with Gasteiger partial charge in [0.2, 0.25) is 0 Å². The van der Waals surface area contributed by atoms with E-state index in [1.54, 1.807) is 12.3 Å². The average molecular weight is 242 g/mol. The maximum Gasteiger partial charge on any atom is 0.353 e. The van der Waals surface area contributed by atoms with Gasteiger partial charge in [-0.1, -0.05) is 19.1 Å². The van der Waals surface area contributed by atoms with E-state index in [0.29, 0.717) is 11.3 Å². The molecule has 0 aromatic heterocycles. The first kappa shape index (κ1) is 14.8. The van der Waals surface area contributed by atoms with Crippen molar-refractivity contribution in [2.45, 2.75) is 20.3 Å². The third kappa shape index (κ3) is 5.07. The second kappa shape index (κ2) is 8.05. The Kier molecular flexibility index (Phi) is 7.46. The Morgan fingerprint density at radius 2 is 2.12 bits per heavy atom. The molecule has 0 saturated carbocycles. The molecule has 4 heteroatoms. The lowest BCUT2D eigenvalue weighted by molar-refractivity contribution is -0.128. The van der Waals surface area contributed by atoms with Crippen molar-refractivity contribution in [3.8, 4) is 0 Å². The van der Waals surface area contributed by atoms with E-state index < -0.39 is 5.97 Å². The van der Waals surface area contributed by atoms with E-state index in [4.69, 9.17) is 8.92 Å². The van der Waals surface area contributed by atoms with E-state index in [2.05, 4.69) is 6.58 Å². The summed E-state index contributed by atoms with van der Waals surface area (Å²) in [5.41, 5.74) is 1.17. The molecule has 0 amide bonds. The van der Waals surface area contributed by atoms with E-state index in [1.165, 1.54) is 7.11 Å². The van der Waals surface area contributed by atoms with Crippen LogP contribution in [0.15, 0.2) is 35.6 Å². The van der Waals surface area contributed by atoms with Crippen molar-refractivity contribution in [3.05, 3.63) is 35.6 Å². The summed E-state index contributed by atoms with van der Waals surface area (Å²) in [5.74, 6) is 0.0987. The molecule has 16 heavy (non-hydrogen) atoms. The Morgan fingerprint density at radius 1 is 1.50 bits per heavy atom. The minimum absolute atomic E-state index is 0.395. The number of allylic oxidation sites excluding steroid dienone is 3. The first-order valence-corrected chi connectivity index (χ1v) is 6.08. The number of carbonyl (C=O) groups excluding carboxylic acids is 1. The van der Waals surface area contributed by atoms with Crippen LogP contribution in [0.25, 0.3) is 0 Å². The third-order valence-electron chi connectivity index (χ3n) is 1.64. The summed E-state index contributed by atoms with van der Waals surface area (Å²) < 4.78 is 10.0. The van der Waals surface area contributed by atoms with Crippen LogP contribution in [0.2, 0.25) is 0 Å². The van der Waals surface area contributed by atoms with Crippen LogP contribution >= 0.6 is 12.0 Å². The molecule has 0 N–H and O–H groups in total. The van der Waals surface area contributed by atoms with Gasteiger partial charge in [-0.25, -0.2) is 4.79 Å². The lowest BCUT2D eigenvalue weighted by Gasteiger charge is -2.09. The van der Waals surface area contributed by atoms with E-state index in [9.17, 15) is 4.79 Å². The number of rotatable bonds is 6. The van der Waals surface area contributed by atoms with Gasteiger partial charge in [-0.05, 0) is 25.5 Å². The van der Waals surface area contributed by atoms with Gasteiger partial charge in [-0.3, -0.25) is 0 Å². The zero-order chi connectivity index (χ0) is 12.6. The normalized spacial score (nSPS) is 12.2. The number of ether oxygens (including phenoxy) is 1. The van der Waals surface area contributed by atoms with Gasteiger partial charge in [0.25, 0.3) is 0 Å². The van der Waals surface area contributed by atoms with Crippen LogP contribution < -0.4 is 0 Å². The standard InChI is InChI=1S/C12H18O3S/c1-6-7-11(14-4)10(8-9(2)3)12(13)15-16-5/h7-8H,2,6H2,1,3-5H3/b10-8+,11-7?. The Bertz CT molecular complexity index is 316. The molecule has 0 fully saturated rings.